The standard InChI is InChI=1S/C22H27ClN4/c23-20-19(18-7-8-18)21(25-16-24-20)27-12-10-22(15-27)9-4-11-26(14-22)13-17-5-2-1-3-6-17/h1-3,5-6,16,18H,4,7-15H2. The van der Waals surface area contributed by atoms with E-state index >= 15 is 0 Å². The summed E-state index contributed by atoms with van der Waals surface area (Å²) >= 11 is 6.45. The molecule has 1 unspecified atom stereocenters. The Hall–Kier alpha value is -1.65. The Morgan fingerprint density at radius 2 is 1.89 bits per heavy atom. The van der Waals surface area contributed by atoms with Crippen molar-refractivity contribution in [2.24, 2.45) is 5.41 Å². The van der Waals surface area contributed by atoms with Crippen LogP contribution in [0.4, 0.5) is 5.82 Å². The van der Waals surface area contributed by atoms with E-state index in [4.69, 9.17) is 11.6 Å². The lowest BCUT2D eigenvalue weighted by Gasteiger charge is -2.40. The van der Waals surface area contributed by atoms with Crippen molar-refractivity contribution in [2.75, 3.05) is 31.1 Å². The summed E-state index contributed by atoms with van der Waals surface area (Å²) in [7, 11) is 0. The minimum Gasteiger partial charge on any atom is -0.356 e. The lowest BCUT2D eigenvalue weighted by atomic mass is 9.79. The van der Waals surface area contributed by atoms with Crippen molar-refractivity contribution in [3.63, 3.8) is 0 Å². The highest BCUT2D eigenvalue weighted by molar-refractivity contribution is 6.30. The summed E-state index contributed by atoms with van der Waals surface area (Å²) in [5.74, 6) is 1.68. The van der Waals surface area contributed by atoms with Gasteiger partial charge in [0.1, 0.15) is 17.3 Å². The zero-order chi connectivity index (χ0) is 18.3. The van der Waals surface area contributed by atoms with Crippen LogP contribution in [-0.4, -0.2) is 41.0 Å². The molecule has 3 heterocycles. The average molecular weight is 383 g/mol. The van der Waals surface area contributed by atoms with Gasteiger partial charge in [-0.1, -0.05) is 41.9 Å². The highest BCUT2D eigenvalue weighted by atomic mass is 35.5. The van der Waals surface area contributed by atoms with Gasteiger partial charge in [-0.05, 0) is 50.1 Å². The fourth-order valence-corrected chi connectivity index (χ4v) is 5.36. The van der Waals surface area contributed by atoms with E-state index in [1.807, 2.05) is 0 Å². The largest absolute Gasteiger partial charge is 0.356 e. The van der Waals surface area contributed by atoms with Gasteiger partial charge in [0, 0.05) is 37.2 Å². The van der Waals surface area contributed by atoms with Gasteiger partial charge in [-0.25, -0.2) is 9.97 Å². The maximum absolute atomic E-state index is 6.45. The van der Waals surface area contributed by atoms with E-state index in [2.05, 4.69) is 50.1 Å². The second-order valence-corrected chi connectivity index (χ2v) is 9.01. The zero-order valence-corrected chi connectivity index (χ0v) is 16.5. The fraction of sp³-hybridized carbons (Fsp3) is 0.545. The molecule has 4 nitrogen and oxygen atoms in total. The second-order valence-electron chi connectivity index (χ2n) is 8.65. The number of piperidine rings is 1. The number of benzene rings is 1. The Morgan fingerprint density at radius 3 is 2.70 bits per heavy atom. The third-order valence-electron chi connectivity index (χ3n) is 6.53. The highest BCUT2D eigenvalue weighted by Crippen LogP contribution is 2.48. The number of hydrogen-bond acceptors (Lipinski definition) is 4. The molecule has 5 rings (SSSR count). The molecule has 1 aliphatic carbocycles. The van der Waals surface area contributed by atoms with E-state index in [-0.39, 0.29) is 0 Å². The van der Waals surface area contributed by atoms with Crippen LogP contribution in [0.25, 0.3) is 0 Å². The maximum atomic E-state index is 6.45. The maximum Gasteiger partial charge on any atom is 0.138 e. The molecule has 0 bridgehead atoms. The van der Waals surface area contributed by atoms with Gasteiger partial charge in [-0.2, -0.15) is 0 Å². The van der Waals surface area contributed by atoms with Crippen molar-refractivity contribution in [1.29, 1.82) is 0 Å². The van der Waals surface area contributed by atoms with Gasteiger partial charge in [0.25, 0.3) is 0 Å². The molecule has 5 heteroatoms. The van der Waals surface area contributed by atoms with E-state index in [9.17, 15) is 0 Å². The molecule has 1 atom stereocenters. The predicted octanol–water partition coefficient (Wildman–Crippen LogP) is 4.50. The number of nitrogens with zero attached hydrogens (tertiary/aromatic N) is 4. The Labute approximate surface area is 166 Å². The number of likely N-dealkylation sites (tertiary alicyclic amines) is 1. The first-order valence-corrected chi connectivity index (χ1v) is 10.6. The van der Waals surface area contributed by atoms with Crippen LogP contribution in [0.2, 0.25) is 5.15 Å². The molecule has 2 aromatic rings. The summed E-state index contributed by atoms with van der Waals surface area (Å²) in [6.45, 7) is 5.66. The molecular formula is C22H27ClN4. The van der Waals surface area contributed by atoms with Gasteiger partial charge < -0.3 is 4.90 Å². The van der Waals surface area contributed by atoms with Crippen LogP contribution in [0.1, 0.15) is 49.1 Å². The Bertz CT molecular complexity index is 807. The molecule has 1 spiro atoms. The number of rotatable bonds is 4. The minimum absolute atomic E-state index is 0.394. The first-order valence-electron chi connectivity index (χ1n) is 10.2. The van der Waals surface area contributed by atoms with Gasteiger partial charge >= 0.3 is 0 Å². The molecule has 3 aliphatic rings. The molecule has 1 saturated carbocycles. The molecule has 2 aliphatic heterocycles. The normalized spacial score (nSPS) is 26.0. The number of halogens is 1. The molecule has 27 heavy (non-hydrogen) atoms. The van der Waals surface area contributed by atoms with E-state index in [0.717, 1.165) is 25.5 Å². The summed E-state index contributed by atoms with van der Waals surface area (Å²) < 4.78 is 0. The topological polar surface area (TPSA) is 32.3 Å². The van der Waals surface area contributed by atoms with Crippen LogP contribution in [0.15, 0.2) is 36.7 Å². The van der Waals surface area contributed by atoms with Crippen LogP contribution in [-0.2, 0) is 6.54 Å². The average Bonchev–Trinajstić information content (AvgIpc) is 3.44. The van der Waals surface area contributed by atoms with Gasteiger partial charge in [-0.3, -0.25) is 4.90 Å². The Kier molecular flexibility index (Phi) is 4.57. The molecule has 1 aromatic carbocycles. The van der Waals surface area contributed by atoms with Crippen molar-refractivity contribution in [2.45, 2.75) is 44.6 Å². The molecule has 142 valence electrons. The highest BCUT2D eigenvalue weighted by Gasteiger charge is 2.43. The molecule has 0 N–H and O–H groups in total. The summed E-state index contributed by atoms with van der Waals surface area (Å²) in [4.78, 5) is 14.1. The molecule has 1 aromatic heterocycles. The van der Waals surface area contributed by atoms with Crippen LogP contribution in [0, 0.1) is 5.41 Å². The first-order chi connectivity index (χ1) is 13.2. The van der Waals surface area contributed by atoms with Crippen LogP contribution in [0.5, 0.6) is 0 Å². The van der Waals surface area contributed by atoms with Crippen molar-refractivity contribution in [1.82, 2.24) is 14.9 Å². The smallest absolute Gasteiger partial charge is 0.138 e. The first kappa shape index (κ1) is 17.4. The van der Waals surface area contributed by atoms with E-state index in [1.165, 1.54) is 56.3 Å². The third kappa shape index (κ3) is 3.57. The Balaban J connectivity index is 1.32. The van der Waals surface area contributed by atoms with E-state index < -0.39 is 0 Å². The summed E-state index contributed by atoms with van der Waals surface area (Å²) in [5.41, 5.74) is 3.02. The SMILES string of the molecule is Clc1ncnc(N2CCC3(CCCN(Cc4ccccc4)C3)C2)c1C1CC1. The molecule has 0 amide bonds. The van der Waals surface area contributed by atoms with Gasteiger partial charge in [0.15, 0.2) is 0 Å². The Morgan fingerprint density at radius 1 is 1.04 bits per heavy atom. The molecule has 2 saturated heterocycles. The van der Waals surface area contributed by atoms with Crippen molar-refractivity contribution >= 4 is 17.4 Å². The number of hydrogen-bond donors (Lipinski definition) is 0. The van der Waals surface area contributed by atoms with Crippen molar-refractivity contribution in [3.05, 3.63) is 52.9 Å². The van der Waals surface area contributed by atoms with Gasteiger partial charge in [0.2, 0.25) is 0 Å². The number of anilines is 1. The molecule has 0 radical (unpaired) electrons. The van der Waals surface area contributed by atoms with Crippen LogP contribution < -0.4 is 4.90 Å². The van der Waals surface area contributed by atoms with E-state index in [1.54, 1.807) is 6.33 Å². The summed E-state index contributed by atoms with van der Waals surface area (Å²) in [6, 6.07) is 10.9. The van der Waals surface area contributed by atoms with Gasteiger partial charge in [0.05, 0.1) is 0 Å². The summed E-state index contributed by atoms with van der Waals surface area (Å²) in [6.07, 6.45) is 7.96. The summed E-state index contributed by atoms with van der Waals surface area (Å²) in [5, 5.41) is 0.665. The lowest BCUT2D eigenvalue weighted by Crippen LogP contribution is -2.44. The predicted molar refractivity (Wildman–Crippen MR) is 109 cm³/mol. The fourth-order valence-electron chi connectivity index (χ4n) is 5.08. The van der Waals surface area contributed by atoms with Crippen LogP contribution in [0.3, 0.4) is 0 Å². The van der Waals surface area contributed by atoms with Crippen molar-refractivity contribution < 1.29 is 0 Å². The quantitative estimate of drug-likeness (QED) is 0.729. The lowest BCUT2D eigenvalue weighted by molar-refractivity contribution is 0.0991. The second kappa shape index (κ2) is 7.06. The molecular weight excluding hydrogens is 356 g/mol. The van der Waals surface area contributed by atoms with Crippen molar-refractivity contribution in [3.8, 4) is 0 Å². The van der Waals surface area contributed by atoms with Crippen LogP contribution >= 0.6 is 11.6 Å². The zero-order valence-electron chi connectivity index (χ0n) is 15.8. The monoisotopic (exact) mass is 382 g/mol. The van der Waals surface area contributed by atoms with E-state index in [0.29, 0.717) is 16.5 Å². The minimum atomic E-state index is 0.394. The van der Waals surface area contributed by atoms with Gasteiger partial charge in [-0.15, -0.1) is 0 Å². The third-order valence-corrected chi connectivity index (χ3v) is 6.83. The number of aromatic nitrogens is 2. The molecule has 3 fully saturated rings.